The molecule has 0 amide bonds. The van der Waals surface area contributed by atoms with Gasteiger partial charge in [-0.15, -0.1) is 0 Å². The van der Waals surface area contributed by atoms with Crippen molar-refractivity contribution in [1.29, 1.82) is 0 Å². The minimum absolute atomic E-state index is 0.00749. The molecule has 1 saturated heterocycles. The number of hydrogen-bond acceptors (Lipinski definition) is 9. The molecule has 4 rings (SSSR count). The maximum Gasteiger partial charge on any atom is 0.446 e. The van der Waals surface area contributed by atoms with Gasteiger partial charge in [0.1, 0.15) is 24.2 Å². The maximum atomic E-state index is 13.9. The van der Waals surface area contributed by atoms with Gasteiger partial charge in [-0.05, 0) is 43.3 Å². The zero-order chi connectivity index (χ0) is 29.9. The van der Waals surface area contributed by atoms with Gasteiger partial charge in [-0.25, -0.2) is 14.2 Å². The van der Waals surface area contributed by atoms with Crippen LogP contribution in [0.2, 0.25) is 5.02 Å². The van der Waals surface area contributed by atoms with Gasteiger partial charge in [-0.3, -0.25) is 23.7 Å². The summed E-state index contributed by atoms with van der Waals surface area (Å²) in [7, 11) is -4.47. The fraction of sp³-hybridized carbons (Fsp3) is 0.357. The van der Waals surface area contributed by atoms with Crippen LogP contribution in [0.3, 0.4) is 0 Å². The van der Waals surface area contributed by atoms with Crippen molar-refractivity contribution in [3.8, 4) is 5.75 Å². The van der Waals surface area contributed by atoms with Crippen molar-refractivity contribution < 1.29 is 32.7 Å². The topological polar surface area (TPSA) is 143 Å². The first-order valence-electron chi connectivity index (χ1n) is 12.7. The zero-order valence-electron chi connectivity index (χ0n) is 22.9. The number of carbonyl (C=O) groups excluding carboxylic acids is 2. The number of carbonyl (C=O) groups is 2. The number of halogens is 1. The Hall–Kier alpha value is -3.50. The molecule has 0 saturated carbocycles. The lowest BCUT2D eigenvalue weighted by Crippen LogP contribution is -2.33. The van der Waals surface area contributed by atoms with Crippen LogP contribution in [0.5, 0.6) is 5.75 Å². The molecular formula is C28H30ClN2O9P. The predicted octanol–water partition coefficient (Wildman–Crippen LogP) is 4.87. The smallest absolute Gasteiger partial charge is 0.446 e. The Bertz CT molecular complexity index is 1580. The van der Waals surface area contributed by atoms with Gasteiger partial charge in [0.25, 0.3) is 11.1 Å². The number of ether oxygens (including phenoxy) is 2. The first-order valence-corrected chi connectivity index (χ1v) is 14.7. The molecule has 1 aliphatic heterocycles. The third-order valence-corrected chi connectivity index (χ3v) is 8.60. The average molecular weight is 605 g/mol. The van der Waals surface area contributed by atoms with Gasteiger partial charge in [0, 0.05) is 28.6 Å². The molecule has 2 heterocycles. The van der Waals surface area contributed by atoms with Crippen molar-refractivity contribution >= 4 is 30.7 Å². The van der Waals surface area contributed by atoms with Crippen molar-refractivity contribution in [3.63, 3.8) is 0 Å². The summed E-state index contributed by atoms with van der Waals surface area (Å²) >= 11 is 5.94. The number of H-pyrrole nitrogens is 1. The first-order chi connectivity index (χ1) is 19.3. The molecular weight excluding hydrogens is 575 g/mol. The van der Waals surface area contributed by atoms with E-state index < -0.39 is 60.8 Å². The van der Waals surface area contributed by atoms with Crippen molar-refractivity contribution in [2.75, 3.05) is 6.61 Å². The zero-order valence-corrected chi connectivity index (χ0v) is 24.5. The van der Waals surface area contributed by atoms with Gasteiger partial charge in [-0.1, -0.05) is 50.6 Å². The molecule has 1 fully saturated rings. The summed E-state index contributed by atoms with van der Waals surface area (Å²) in [5, 5.41) is 0.413. The van der Waals surface area contributed by atoms with Crippen molar-refractivity contribution in [3.05, 3.63) is 97.8 Å². The molecule has 1 unspecified atom stereocenters. The van der Waals surface area contributed by atoms with Crippen LogP contribution in [0.4, 0.5) is 0 Å². The number of esters is 1. The number of aromatic amines is 1. The van der Waals surface area contributed by atoms with Crippen molar-refractivity contribution in [1.82, 2.24) is 9.55 Å². The Morgan fingerprint density at radius 1 is 1.10 bits per heavy atom. The summed E-state index contributed by atoms with van der Waals surface area (Å²) in [6.07, 6.45) is -1.64. The predicted molar refractivity (Wildman–Crippen MR) is 150 cm³/mol. The van der Waals surface area contributed by atoms with Crippen LogP contribution < -0.4 is 15.8 Å². The van der Waals surface area contributed by atoms with E-state index in [1.807, 2.05) is 0 Å². The van der Waals surface area contributed by atoms with Crippen LogP contribution >= 0.6 is 19.2 Å². The molecule has 0 bridgehead atoms. The van der Waals surface area contributed by atoms with Crippen LogP contribution in [0, 0.1) is 12.3 Å². The molecule has 1 aliphatic rings. The second-order valence-corrected chi connectivity index (χ2v) is 12.8. The third kappa shape index (κ3) is 7.23. The number of aromatic nitrogens is 2. The molecule has 218 valence electrons. The Balaban J connectivity index is 1.62. The highest BCUT2D eigenvalue weighted by Gasteiger charge is 2.47. The van der Waals surface area contributed by atoms with Gasteiger partial charge < -0.3 is 14.0 Å². The monoisotopic (exact) mass is 604 g/mol. The minimum Gasteiger partial charge on any atom is -0.456 e. The highest BCUT2D eigenvalue weighted by Crippen LogP contribution is 2.54. The van der Waals surface area contributed by atoms with Crippen LogP contribution in [0.15, 0.2) is 70.4 Å². The maximum absolute atomic E-state index is 13.9. The van der Waals surface area contributed by atoms with Gasteiger partial charge in [0.2, 0.25) is 0 Å². The van der Waals surface area contributed by atoms with E-state index in [0.29, 0.717) is 5.02 Å². The van der Waals surface area contributed by atoms with E-state index in [1.54, 1.807) is 51.1 Å². The number of benzene rings is 2. The fourth-order valence-corrected chi connectivity index (χ4v) is 6.01. The molecule has 3 aromatic rings. The Labute approximate surface area is 240 Å². The number of aryl methyl sites for hydroxylation is 1. The third-order valence-electron chi connectivity index (χ3n) is 6.24. The molecule has 13 heteroatoms. The van der Waals surface area contributed by atoms with Gasteiger partial charge in [0.15, 0.2) is 0 Å². The molecule has 0 radical (unpaired) electrons. The van der Waals surface area contributed by atoms with E-state index in [2.05, 4.69) is 4.98 Å². The SMILES string of the molecule is Cc1cn([C@H]2C[C@H](OC(=O)c3ccccc3)[C@@H](COP(=O)(Oc3ccc(Cl)cc3)C(=O)C(C)(C)C)O2)c(=O)[nH]c1=O. The van der Waals surface area contributed by atoms with Gasteiger partial charge in [0.05, 0.1) is 12.2 Å². The van der Waals surface area contributed by atoms with E-state index in [1.165, 1.54) is 42.0 Å². The Kier molecular flexibility index (Phi) is 9.03. The summed E-state index contributed by atoms with van der Waals surface area (Å²) in [5.41, 5.74) is -2.59. The van der Waals surface area contributed by atoms with E-state index in [-0.39, 0.29) is 23.3 Å². The standard InChI is InChI=1S/C28H30ClN2O9P/c1-17-15-31(27(35)30-24(17)32)23-14-21(39-25(33)18-8-6-5-7-9-18)22(38-23)16-37-41(36,26(34)28(2,3)4)40-20-12-10-19(29)11-13-20/h5-13,15,21-23H,14,16H2,1-4H3,(H,30,32,35)/t21-,22+,23+,41?/m0/s1. The normalized spacial score (nSPS) is 20.3. The number of nitrogens with one attached hydrogen (secondary N) is 1. The van der Waals surface area contributed by atoms with E-state index in [0.717, 1.165) is 0 Å². The van der Waals surface area contributed by atoms with Gasteiger partial charge >= 0.3 is 19.3 Å². The van der Waals surface area contributed by atoms with Crippen LogP contribution in [0.25, 0.3) is 0 Å². The van der Waals surface area contributed by atoms with Crippen LogP contribution in [-0.2, 0) is 23.4 Å². The summed E-state index contributed by atoms with van der Waals surface area (Å²) in [6.45, 7) is 5.78. The summed E-state index contributed by atoms with van der Waals surface area (Å²) in [4.78, 5) is 52.8. The Morgan fingerprint density at radius 3 is 2.39 bits per heavy atom. The fourth-order valence-electron chi connectivity index (χ4n) is 4.07. The molecule has 0 spiro atoms. The molecule has 4 atom stereocenters. The van der Waals surface area contributed by atoms with Crippen LogP contribution in [0.1, 0.15) is 49.3 Å². The first kappa shape index (κ1) is 30.5. The lowest BCUT2D eigenvalue weighted by molar-refractivity contribution is -0.120. The molecule has 1 N–H and O–H groups in total. The molecule has 11 nitrogen and oxygen atoms in total. The lowest BCUT2D eigenvalue weighted by atomic mass is 10.00. The molecule has 2 aromatic carbocycles. The van der Waals surface area contributed by atoms with Crippen molar-refractivity contribution in [2.45, 2.75) is 52.6 Å². The number of rotatable bonds is 9. The summed E-state index contributed by atoms with van der Waals surface area (Å²) in [6, 6.07) is 14.2. The van der Waals surface area contributed by atoms with Gasteiger partial charge in [-0.2, -0.15) is 0 Å². The summed E-state index contributed by atoms with van der Waals surface area (Å²) in [5.74, 6) is -0.552. The van der Waals surface area contributed by atoms with E-state index in [9.17, 15) is 23.7 Å². The highest BCUT2D eigenvalue weighted by atomic mass is 35.5. The minimum atomic E-state index is -4.47. The molecule has 41 heavy (non-hydrogen) atoms. The largest absolute Gasteiger partial charge is 0.456 e. The summed E-state index contributed by atoms with van der Waals surface area (Å²) < 4.78 is 38.2. The molecule has 0 aliphatic carbocycles. The highest BCUT2D eigenvalue weighted by molar-refractivity contribution is 7.72. The van der Waals surface area contributed by atoms with Crippen LogP contribution in [-0.4, -0.2) is 39.9 Å². The van der Waals surface area contributed by atoms with E-state index in [4.69, 9.17) is 30.1 Å². The van der Waals surface area contributed by atoms with E-state index >= 15 is 0 Å². The quantitative estimate of drug-likeness (QED) is 0.267. The Morgan fingerprint density at radius 2 is 1.76 bits per heavy atom. The van der Waals surface area contributed by atoms with Crippen molar-refractivity contribution in [2.24, 2.45) is 5.41 Å². The second kappa shape index (κ2) is 12.2. The number of hydrogen-bond donors (Lipinski definition) is 1. The molecule has 1 aromatic heterocycles. The average Bonchev–Trinajstić information content (AvgIpc) is 3.32. The number of nitrogens with zero attached hydrogens (tertiary/aromatic N) is 1. The second-order valence-electron chi connectivity index (χ2n) is 10.5. The lowest BCUT2D eigenvalue weighted by Gasteiger charge is -2.26.